The average molecular weight is 228 g/mol. The fraction of sp³-hybridized carbons (Fsp3) is 1.00. The van der Waals surface area contributed by atoms with Crippen LogP contribution in [0.2, 0.25) is 0 Å². The van der Waals surface area contributed by atoms with Gasteiger partial charge in [0.2, 0.25) is 0 Å². The molecule has 0 heterocycles. The molecule has 0 aromatic heterocycles. The van der Waals surface area contributed by atoms with Crippen molar-refractivity contribution in [1.82, 2.24) is 4.90 Å². The molecule has 0 aliphatic carbocycles. The summed E-state index contributed by atoms with van der Waals surface area (Å²) in [5.41, 5.74) is 6.08. The summed E-state index contributed by atoms with van der Waals surface area (Å²) >= 11 is 0. The second-order valence-electron chi connectivity index (χ2n) is 4.98. The Labute approximate surface area is 103 Å². The molecule has 16 heavy (non-hydrogen) atoms. The number of rotatable bonds is 10. The molecule has 0 amide bonds. The number of hydrogen-bond donors (Lipinski definition) is 1. The van der Waals surface area contributed by atoms with Crippen LogP contribution < -0.4 is 5.73 Å². The van der Waals surface area contributed by atoms with Crippen molar-refractivity contribution in [3.8, 4) is 0 Å². The van der Waals surface area contributed by atoms with Gasteiger partial charge in [-0.1, -0.05) is 33.6 Å². The molecule has 0 fully saturated rings. The van der Waals surface area contributed by atoms with Crippen molar-refractivity contribution < 1.29 is 0 Å². The molecule has 0 rings (SSSR count). The lowest BCUT2D eigenvalue weighted by Gasteiger charge is -2.29. The van der Waals surface area contributed by atoms with Crippen molar-refractivity contribution >= 4 is 0 Å². The zero-order valence-electron chi connectivity index (χ0n) is 11.8. The minimum Gasteiger partial charge on any atom is -0.328 e. The summed E-state index contributed by atoms with van der Waals surface area (Å²) in [6.45, 7) is 11.5. The van der Waals surface area contributed by atoms with E-state index in [9.17, 15) is 0 Å². The molecule has 2 unspecified atom stereocenters. The minimum absolute atomic E-state index is 0.401. The fourth-order valence-electron chi connectivity index (χ4n) is 2.02. The van der Waals surface area contributed by atoms with E-state index in [-0.39, 0.29) is 0 Å². The molecule has 0 aromatic rings. The maximum atomic E-state index is 6.08. The smallest absolute Gasteiger partial charge is 0.00643 e. The zero-order valence-corrected chi connectivity index (χ0v) is 11.8. The Morgan fingerprint density at radius 3 is 2.19 bits per heavy atom. The Balaban J connectivity index is 3.90. The second-order valence-corrected chi connectivity index (χ2v) is 4.98. The molecule has 2 heteroatoms. The summed E-state index contributed by atoms with van der Waals surface area (Å²) in [6.07, 6.45) is 7.37. The monoisotopic (exact) mass is 228 g/mol. The van der Waals surface area contributed by atoms with Crippen molar-refractivity contribution in [3.63, 3.8) is 0 Å². The SMILES string of the molecule is CCCCN(CCC(N)CCC)C(C)CC. The Hall–Kier alpha value is -0.0800. The first-order valence-electron chi connectivity index (χ1n) is 7.15. The molecular formula is C14H32N2. The van der Waals surface area contributed by atoms with Crippen LogP contribution in [0.4, 0.5) is 0 Å². The van der Waals surface area contributed by atoms with Crippen LogP contribution in [-0.2, 0) is 0 Å². The van der Waals surface area contributed by atoms with Gasteiger partial charge in [-0.15, -0.1) is 0 Å². The van der Waals surface area contributed by atoms with E-state index >= 15 is 0 Å². The third-order valence-corrected chi connectivity index (χ3v) is 3.46. The van der Waals surface area contributed by atoms with Crippen LogP contribution in [0.3, 0.4) is 0 Å². The topological polar surface area (TPSA) is 29.3 Å². The van der Waals surface area contributed by atoms with Crippen LogP contribution in [0.1, 0.15) is 66.2 Å². The third kappa shape index (κ3) is 7.24. The highest BCUT2D eigenvalue weighted by Gasteiger charge is 2.12. The van der Waals surface area contributed by atoms with Crippen molar-refractivity contribution in [3.05, 3.63) is 0 Å². The molecule has 0 radical (unpaired) electrons. The van der Waals surface area contributed by atoms with Gasteiger partial charge in [-0.05, 0) is 45.7 Å². The highest BCUT2D eigenvalue weighted by Crippen LogP contribution is 2.08. The number of nitrogens with two attached hydrogens (primary N) is 1. The van der Waals surface area contributed by atoms with Crippen molar-refractivity contribution in [2.45, 2.75) is 78.3 Å². The lowest BCUT2D eigenvalue weighted by molar-refractivity contribution is 0.193. The van der Waals surface area contributed by atoms with Crippen molar-refractivity contribution in [2.24, 2.45) is 5.73 Å². The van der Waals surface area contributed by atoms with Gasteiger partial charge in [0.15, 0.2) is 0 Å². The third-order valence-electron chi connectivity index (χ3n) is 3.46. The van der Waals surface area contributed by atoms with Gasteiger partial charge < -0.3 is 10.6 Å². The summed E-state index contributed by atoms with van der Waals surface area (Å²) in [4.78, 5) is 2.61. The van der Waals surface area contributed by atoms with E-state index in [2.05, 4.69) is 32.6 Å². The van der Waals surface area contributed by atoms with Gasteiger partial charge in [0.25, 0.3) is 0 Å². The van der Waals surface area contributed by atoms with E-state index < -0.39 is 0 Å². The summed E-state index contributed by atoms with van der Waals surface area (Å²) < 4.78 is 0. The lowest BCUT2D eigenvalue weighted by Crippen LogP contribution is -2.37. The van der Waals surface area contributed by atoms with Crippen LogP contribution >= 0.6 is 0 Å². The van der Waals surface area contributed by atoms with Crippen LogP contribution in [0.5, 0.6) is 0 Å². The molecule has 0 saturated carbocycles. The van der Waals surface area contributed by atoms with E-state index in [4.69, 9.17) is 5.73 Å². The zero-order chi connectivity index (χ0) is 12.4. The van der Waals surface area contributed by atoms with Gasteiger partial charge in [0, 0.05) is 12.1 Å². The van der Waals surface area contributed by atoms with Gasteiger partial charge in [0.05, 0.1) is 0 Å². The molecule has 0 bridgehead atoms. The molecule has 2 N–H and O–H groups in total. The first kappa shape index (κ1) is 15.9. The average Bonchev–Trinajstić information content (AvgIpc) is 2.28. The molecular weight excluding hydrogens is 196 g/mol. The predicted molar refractivity (Wildman–Crippen MR) is 73.7 cm³/mol. The van der Waals surface area contributed by atoms with Crippen molar-refractivity contribution in [2.75, 3.05) is 13.1 Å². The lowest BCUT2D eigenvalue weighted by atomic mass is 10.1. The molecule has 2 atom stereocenters. The Kier molecular flexibility index (Phi) is 10.0. The number of unbranched alkanes of at least 4 members (excludes halogenated alkanes) is 1. The van der Waals surface area contributed by atoms with Gasteiger partial charge in [-0.3, -0.25) is 0 Å². The van der Waals surface area contributed by atoms with E-state index in [1.54, 1.807) is 0 Å². The standard InChI is InChI=1S/C14H32N2/c1-5-8-11-16(13(4)7-3)12-10-14(15)9-6-2/h13-14H,5-12,15H2,1-4H3. The highest BCUT2D eigenvalue weighted by molar-refractivity contribution is 4.69. The molecule has 2 nitrogen and oxygen atoms in total. The Morgan fingerprint density at radius 2 is 1.69 bits per heavy atom. The Morgan fingerprint density at radius 1 is 1.00 bits per heavy atom. The Bertz CT molecular complexity index is 148. The minimum atomic E-state index is 0.401. The molecule has 0 aromatic carbocycles. The second kappa shape index (κ2) is 10.1. The maximum absolute atomic E-state index is 6.08. The van der Waals surface area contributed by atoms with E-state index in [1.807, 2.05) is 0 Å². The number of nitrogens with zero attached hydrogens (tertiary/aromatic N) is 1. The maximum Gasteiger partial charge on any atom is 0.00643 e. The normalized spacial score (nSPS) is 15.4. The fourth-order valence-corrected chi connectivity index (χ4v) is 2.02. The van der Waals surface area contributed by atoms with Crippen LogP contribution in [0, 0.1) is 0 Å². The summed E-state index contributed by atoms with van der Waals surface area (Å²) in [5, 5.41) is 0. The quantitative estimate of drug-likeness (QED) is 0.621. The summed E-state index contributed by atoms with van der Waals surface area (Å²) in [5.74, 6) is 0. The van der Waals surface area contributed by atoms with Crippen LogP contribution in [0.25, 0.3) is 0 Å². The molecule has 98 valence electrons. The largest absolute Gasteiger partial charge is 0.328 e. The number of hydrogen-bond acceptors (Lipinski definition) is 2. The predicted octanol–water partition coefficient (Wildman–Crippen LogP) is 3.40. The first-order chi connectivity index (χ1) is 7.65. The first-order valence-corrected chi connectivity index (χ1v) is 7.15. The molecule has 0 saturated heterocycles. The van der Waals surface area contributed by atoms with Gasteiger partial charge in [-0.2, -0.15) is 0 Å². The van der Waals surface area contributed by atoms with Crippen molar-refractivity contribution in [1.29, 1.82) is 0 Å². The molecule has 0 aliphatic rings. The van der Waals surface area contributed by atoms with Gasteiger partial charge in [-0.25, -0.2) is 0 Å². The highest BCUT2D eigenvalue weighted by atomic mass is 15.1. The van der Waals surface area contributed by atoms with E-state index in [1.165, 1.54) is 45.2 Å². The summed E-state index contributed by atoms with van der Waals surface area (Å²) in [7, 11) is 0. The van der Waals surface area contributed by atoms with Gasteiger partial charge >= 0.3 is 0 Å². The molecule has 0 aliphatic heterocycles. The van der Waals surface area contributed by atoms with Crippen LogP contribution in [0.15, 0.2) is 0 Å². The molecule has 0 spiro atoms. The van der Waals surface area contributed by atoms with E-state index in [0.717, 1.165) is 6.42 Å². The van der Waals surface area contributed by atoms with Crippen LogP contribution in [-0.4, -0.2) is 30.1 Å². The van der Waals surface area contributed by atoms with E-state index in [0.29, 0.717) is 12.1 Å². The van der Waals surface area contributed by atoms with Gasteiger partial charge in [0.1, 0.15) is 0 Å². The summed E-state index contributed by atoms with van der Waals surface area (Å²) in [6, 6.07) is 1.11.